The first-order valence-electron chi connectivity index (χ1n) is 11.7. The first kappa shape index (κ1) is 21.9. The molecule has 0 fully saturated rings. The predicted molar refractivity (Wildman–Crippen MR) is 135 cm³/mol. The molecule has 5 aromatic rings. The number of ether oxygens (including phenoxy) is 1. The Morgan fingerprint density at radius 3 is 2.47 bits per heavy atom. The van der Waals surface area contributed by atoms with Crippen molar-refractivity contribution in [2.75, 3.05) is 0 Å². The monoisotopic (exact) mass is 477 g/mol. The number of hydrogen-bond acceptors (Lipinski definition) is 5. The van der Waals surface area contributed by atoms with Crippen LogP contribution in [0.5, 0.6) is 11.5 Å². The Bertz CT molecular complexity index is 1650. The highest BCUT2D eigenvalue weighted by molar-refractivity contribution is 5.99. The summed E-state index contributed by atoms with van der Waals surface area (Å²) in [5.74, 6) is 1.64. The van der Waals surface area contributed by atoms with Gasteiger partial charge in [-0.05, 0) is 73.0 Å². The lowest BCUT2D eigenvalue weighted by Gasteiger charge is -2.24. The Kier molecular flexibility index (Phi) is 5.22. The van der Waals surface area contributed by atoms with Crippen LogP contribution in [-0.4, -0.2) is 10.8 Å². The number of furan rings is 1. The minimum atomic E-state index is -0.654. The Morgan fingerprint density at radius 2 is 1.69 bits per heavy atom. The van der Waals surface area contributed by atoms with E-state index in [0.717, 1.165) is 16.7 Å². The third-order valence-corrected chi connectivity index (χ3v) is 6.46. The average Bonchev–Trinajstić information content (AvgIpc) is 3.48. The highest BCUT2D eigenvalue weighted by Gasteiger charge is 2.43. The van der Waals surface area contributed by atoms with E-state index in [4.69, 9.17) is 13.6 Å². The predicted octanol–water partition coefficient (Wildman–Crippen LogP) is 6.54. The van der Waals surface area contributed by atoms with Crippen molar-refractivity contribution in [1.29, 1.82) is 0 Å². The number of amides is 1. The van der Waals surface area contributed by atoms with E-state index in [2.05, 4.69) is 0 Å². The first-order valence-corrected chi connectivity index (χ1v) is 11.7. The molecule has 36 heavy (non-hydrogen) atoms. The fourth-order valence-corrected chi connectivity index (χ4v) is 4.93. The third kappa shape index (κ3) is 3.67. The smallest absolute Gasteiger partial charge is 0.291 e. The molecule has 0 spiro atoms. The van der Waals surface area contributed by atoms with Gasteiger partial charge < -0.3 is 18.5 Å². The molecule has 178 valence electrons. The van der Waals surface area contributed by atoms with Gasteiger partial charge in [0.25, 0.3) is 5.91 Å². The summed E-state index contributed by atoms with van der Waals surface area (Å²) >= 11 is 0. The quantitative estimate of drug-likeness (QED) is 0.287. The Morgan fingerprint density at radius 1 is 0.889 bits per heavy atom. The third-order valence-electron chi connectivity index (χ3n) is 6.46. The maximum absolute atomic E-state index is 13.9. The van der Waals surface area contributed by atoms with Gasteiger partial charge in [-0.1, -0.05) is 36.4 Å². The molecule has 3 heterocycles. The van der Waals surface area contributed by atoms with Crippen LogP contribution in [0.2, 0.25) is 0 Å². The topological polar surface area (TPSA) is 72.9 Å². The zero-order chi connectivity index (χ0) is 24.8. The van der Waals surface area contributed by atoms with Crippen molar-refractivity contribution in [2.45, 2.75) is 26.4 Å². The molecule has 1 atom stereocenters. The lowest BCUT2D eigenvalue weighted by atomic mass is 9.97. The van der Waals surface area contributed by atoms with Gasteiger partial charge in [-0.3, -0.25) is 9.59 Å². The van der Waals surface area contributed by atoms with Gasteiger partial charge in [-0.25, -0.2) is 0 Å². The molecule has 1 aliphatic heterocycles. The van der Waals surface area contributed by atoms with Crippen LogP contribution < -0.4 is 10.2 Å². The number of nitrogens with zero attached hydrogens (tertiary/aromatic N) is 1. The molecule has 2 aromatic heterocycles. The highest BCUT2D eigenvalue weighted by Crippen LogP contribution is 2.40. The summed E-state index contributed by atoms with van der Waals surface area (Å²) in [4.78, 5) is 29.2. The van der Waals surface area contributed by atoms with Gasteiger partial charge in [0.2, 0.25) is 5.76 Å². The molecule has 0 bridgehead atoms. The van der Waals surface area contributed by atoms with Crippen LogP contribution in [0.3, 0.4) is 0 Å². The summed E-state index contributed by atoms with van der Waals surface area (Å²) in [6, 6.07) is 23.6. The van der Waals surface area contributed by atoms with Crippen LogP contribution in [0.1, 0.15) is 44.6 Å². The van der Waals surface area contributed by atoms with Crippen LogP contribution >= 0.6 is 0 Å². The average molecular weight is 478 g/mol. The molecule has 6 heteroatoms. The summed E-state index contributed by atoms with van der Waals surface area (Å²) in [5.41, 5.74) is 3.10. The van der Waals surface area contributed by atoms with E-state index in [1.54, 1.807) is 17.2 Å². The number of rotatable bonds is 5. The largest absolute Gasteiger partial charge is 0.467 e. The van der Waals surface area contributed by atoms with Gasteiger partial charge in [-0.15, -0.1) is 0 Å². The second-order valence-corrected chi connectivity index (χ2v) is 9.04. The standard InChI is InChI=1S/C30H23NO5/c1-18-14-19(2)28-24(15-18)27(32)25-26(31(30(33)29(25)36-28)17-23-12-7-13-34-23)20-8-6-11-22(16-20)35-21-9-4-3-5-10-21/h3-16,26H,17H2,1-2H3. The molecule has 0 aliphatic carbocycles. The lowest BCUT2D eigenvalue weighted by molar-refractivity contribution is 0.0701. The Hall–Kier alpha value is -4.58. The van der Waals surface area contributed by atoms with E-state index in [9.17, 15) is 9.59 Å². The van der Waals surface area contributed by atoms with Crippen molar-refractivity contribution in [2.24, 2.45) is 0 Å². The van der Waals surface area contributed by atoms with Crippen LogP contribution in [-0.2, 0) is 6.54 Å². The molecular weight excluding hydrogens is 454 g/mol. The SMILES string of the molecule is Cc1cc(C)c2oc3c(c(=O)c2c1)C(c1cccc(Oc2ccccc2)c1)N(Cc1ccco1)C3=O. The molecule has 0 radical (unpaired) electrons. The molecule has 1 unspecified atom stereocenters. The fourth-order valence-electron chi connectivity index (χ4n) is 4.93. The minimum absolute atomic E-state index is 0.0744. The number of aryl methyl sites for hydroxylation is 2. The summed E-state index contributed by atoms with van der Waals surface area (Å²) < 4.78 is 17.7. The van der Waals surface area contributed by atoms with Crippen LogP contribution in [0.4, 0.5) is 0 Å². The molecular formula is C30H23NO5. The van der Waals surface area contributed by atoms with Crippen LogP contribution in [0, 0.1) is 13.8 Å². The van der Waals surface area contributed by atoms with Gasteiger partial charge in [0, 0.05) is 0 Å². The van der Waals surface area contributed by atoms with Crippen molar-refractivity contribution in [3.8, 4) is 11.5 Å². The van der Waals surface area contributed by atoms with Crippen molar-refractivity contribution in [3.05, 3.63) is 129 Å². The van der Waals surface area contributed by atoms with Crippen LogP contribution in [0.25, 0.3) is 11.0 Å². The summed E-state index contributed by atoms with van der Waals surface area (Å²) in [7, 11) is 0. The zero-order valence-corrected chi connectivity index (χ0v) is 19.9. The Labute approximate surface area is 207 Å². The summed E-state index contributed by atoms with van der Waals surface area (Å²) in [6.45, 7) is 4.01. The molecule has 3 aromatic carbocycles. The second kappa shape index (κ2) is 8.57. The van der Waals surface area contributed by atoms with Gasteiger partial charge in [-0.2, -0.15) is 0 Å². The number of fused-ring (bicyclic) bond motifs is 2. The summed E-state index contributed by atoms with van der Waals surface area (Å²) in [6.07, 6.45) is 1.57. The second-order valence-electron chi connectivity index (χ2n) is 9.04. The molecule has 0 saturated carbocycles. The maximum atomic E-state index is 13.9. The Balaban J connectivity index is 1.53. The van der Waals surface area contributed by atoms with E-state index in [1.165, 1.54) is 0 Å². The van der Waals surface area contributed by atoms with E-state index < -0.39 is 6.04 Å². The van der Waals surface area contributed by atoms with Gasteiger partial charge >= 0.3 is 0 Å². The number of carbonyl (C=O) groups is 1. The van der Waals surface area contributed by atoms with E-state index in [0.29, 0.717) is 33.8 Å². The van der Waals surface area contributed by atoms with E-state index >= 15 is 0 Å². The zero-order valence-electron chi connectivity index (χ0n) is 19.9. The maximum Gasteiger partial charge on any atom is 0.291 e. The first-order chi connectivity index (χ1) is 17.5. The minimum Gasteiger partial charge on any atom is -0.467 e. The number of carbonyl (C=O) groups excluding carboxylic acids is 1. The molecule has 6 rings (SSSR count). The normalized spacial score (nSPS) is 14.9. The van der Waals surface area contributed by atoms with Crippen molar-refractivity contribution >= 4 is 16.9 Å². The van der Waals surface area contributed by atoms with Gasteiger partial charge in [0.05, 0.1) is 29.8 Å². The summed E-state index contributed by atoms with van der Waals surface area (Å²) in [5, 5.41) is 0.473. The van der Waals surface area contributed by atoms with Crippen molar-refractivity contribution < 1.29 is 18.4 Å². The number of para-hydroxylation sites is 1. The highest BCUT2D eigenvalue weighted by atomic mass is 16.5. The lowest BCUT2D eigenvalue weighted by Crippen LogP contribution is -2.29. The fraction of sp³-hybridized carbons (Fsp3) is 0.133. The number of hydrogen-bond donors (Lipinski definition) is 0. The van der Waals surface area contributed by atoms with E-state index in [1.807, 2.05) is 86.6 Å². The molecule has 6 nitrogen and oxygen atoms in total. The van der Waals surface area contributed by atoms with E-state index in [-0.39, 0.29) is 23.6 Å². The van der Waals surface area contributed by atoms with Crippen LogP contribution in [0.15, 0.2) is 98.8 Å². The number of benzene rings is 3. The van der Waals surface area contributed by atoms with Gasteiger partial charge in [0.15, 0.2) is 5.43 Å². The molecule has 1 amide bonds. The molecule has 0 N–H and O–H groups in total. The van der Waals surface area contributed by atoms with Gasteiger partial charge in [0.1, 0.15) is 22.8 Å². The molecule has 1 aliphatic rings. The van der Waals surface area contributed by atoms with Crippen molar-refractivity contribution in [1.82, 2.24) is 4.90 Å². The van der Waals surface area contributed by atoms with Crippen molar-refractivity contribution in [3.63, 3.8) is 0 Å². The molecule has 0 saturated heterocycles.